The van der Waals surface area contributed by atoms with E-state index in [1.54, 1.807) is 33.9 Å². The van der Waals surface area contributed by atoms with Crippen LogP contribution in [0.1, 0.15) is 97.0 Å². The zero-order valence-corrected chi connectivity index (χ0v) is 27.8. The molecule has 266 valence electrons. The minimum atomic E-state index is -2.04. The van der Waals surface area contributed by atoms with Crippen LogP contribution < -0.4 is 4.74 Å². The molecule has 3 saturated heterocycles. The second-order valence-corrected chi connectivity index (χ2v) is 14.3. The summed E-state index contributed by atoms with van der Waals surface area (Å²) in [6.45, 7) is 7.92. The third-order valence-electron chi connectivity index (χ3n) is 10.3. The van der Waals surface area contributed by atoms with Crippen molar-refractivity contribution >= 4 is 17.3 Å². The predicted molar refractivity (Wildman–Crippen MR) is 173 cm³/mol. The molecule has 5 aliphatic rings. The summed E-state index contributed by atoms with van der Waals surface area (Å²) in [6, 6.07) is 4.38. The van der Waals surface area contributed by atoms with Gasteiger partial charge in [0.15, 0.2) is 30.4 Å². The second-order valence-electron chi connectivity index (χ2n) is 14.3. The van der Waals surface area contributed by atoms with E-state index in [9.17, 15) is 29.7 Å². The summed E-state index contributed by atoms with van der Waals surface area (Å²) in [5.41, 5.74) is -3.89. The lowest BCUT2D eigenvalue weighted by molar-refractivity contribution is -0.256. The average Bonchev–Trinajstić information content (AvgIpc) is 3.43. The van der Waals surface area contributed by atoms with Crippen molar-refractivity contribution in [2.45, 2.75) is 103 Å². The van der Waals surface area contributed by atoms with Gasteiger partial charge in [0.25, 0.3) is 0 Å². The number of benzene rings is 2. The van der Waals surface area contributed by atoms with Gasteiger partial charge in [0.1, 0.15) is 29.0 Å². The Bertz CT molecular complexity index is 1700. The molecule has 8 atom stereocenters. The van der Waals surface area contributed by atoms with Gasteiger partial charge >= 0.3 is 0 Å². The number of Topliss-reactive ketones (excluding diaryl/α,β-unsaturated/α-hetero) is 1. The largest absolute Gasteiger partial charge is 0.507 e. The molecule has 2 aliphatic carbocycles. The van der Waals surface area contributed by atoms with Crippen molar-refractivity contribution in [2.75, 3.05) is 27.4 Å². The zero-order valence-electron chi connectivity index (χ0n) is 27.8. The molecule has 0 aromatic heterocycles. The van der Waals surface area contributed by atoms with Gasteiger partial charge in [0.2, 0.25) is 5.78 Å². The highest BCUT2D eigenvalue weighted by Gasteiger charge is 2.56. The smallest absolute Gasteiger partial charge is 0.202 e. The molecule has 0 unspecified atom stereocenters. The fourth-order valence-corrected chi connectivity index (χ4v) is 8.20. The summed E-state index contributed by atoms with van der Waals surface area (Å²) >= 11 is 0. The first-order valence-electron chi connectivity index (χ1n) is 16.2. The van der Waals surface area contributed by atoms with Crippen molar-refractivity contribution in [3.63, 3.8) is 0 Å². The van der Waals surface area contributed by atoms with E-state index < -0.39 is 88.4 Å². The maximum absolute atomic E-state index is 14.0. The summed E-state index contributed by atoms with van der Waals surface area (Å²) in [4.78, 5) is 43.8. The molecule has 3 aliphatic heterocycles. The molecular weight excluding hydrogens is 638 g/mol. The van der Waals surface area contributed by atoms with E-state index in [2.05, 4.69) is 4.90 Å². The van der Waals surface area contributed by atoms with Crippen LogP contribution in [0.15, 0.2) is 18.2 Å². The summed E-state index contributed by atoms with van der Waals surface area (Å²) in [5.74, 6) is -2.94. The Morgan fingerprint density at radius 1 is 1.04 bits per heavy atom. The van der Waals surface area contributed by atoms with Crippen molar-refractivity contribution in [3.05, 3.63) is 51.6 Å². The lowest BCUT2D eigenvalue weighted by atomic mass is 9.68. The van der Waals surface area contributed by atoms with Gasteiger partial charge in [0.05, 0.1) is 42.6 Å². The van der Waals surface area contributed by atoms with Crippen LogP contribution in [-0.4, -0.2) is 108 Å². The van der Waals surface area contributed by atoms with Crippen LogP contribution >= 0.6 is 0 Å². The fourth-order valence-electron chi connectivity index (χ4n) is 8.20. The van der Waals surface area contributed by atoms with Gasteiger partial charge in [-0.1, -0.05) is 40.3 Å². The third kappa shape index (κ3) is 5.38. The standard InChI is InChI=1S/C35H41NO12.CH4/c1-15-30-18(36-10-11-45-32(44-6)31(36)48-30)12-21(46-15)47-20-14-35(42,33(41)34(2,3)4)13-17-23(20)29(40)25-24(27(17)38)26(37)16-8-7-9-19(43-5)22(16)28(25)39;/h7-9,15,18,20-21,30-32,38,40,42H,10-14H2,1-6H3;1H4/t15-,18-,20-,21-,30+,31+,32-,35-;/m0./s1. The number of methoxy groups -OCH3 is 2. The Balaban J connectivity index is 0.00000417. The number of hydrogen-bond acceptors (Lipinski definition) is 13. The van der Waals surface area contributed by atoms with Crippen LogP contribution in [0.3, 0.4) is 0 Å². The van der Waals surface area contributed by atoms with Gasteiger partial charge in [-0.2, -0.15) is 0 Å². The molecule has 2 aromatic carbocycles. The first-order chi connectivity index (χ1) is 22.7. The van der Waals surface area contributed by atoms with Crippen molar-refractivity contribution in [1.82, 2.24) is 4.90 Å². The highest BCUT2D eigenvalue weighted by atomic mass is 16.7. The number of phenols is 2. The van der Waals surface area contributed by atoms with Crippen molar-refractivity contribution < 1.29 is 58.1 Å². The van der Waals surface area contributed by atoms with Crippen LogP contribution in [0.4, 0.5) is 0 Å². The second kappa shape index (κ2) is 12.4. The molecule has 7 rings (SSSR count). The summed E-state index contributed by atoms with van der Waals surface area (Å²) in [7, 11) is 2.92. The monoisotopic (exact) mass is 683 g/mol. The first kappa shape index (κ1) is 35.4. The van der Waals surface area contributed by atoms with E-state index in [-0.39, 0.29) is 54.0 Å². The molecule has 0 saturated carbocycles. The number of hydrogen-bond donors (Lipinski definition) is 3. The Labute approximate surface area is 285 Å². The molecule has 3 N–H and O–H groups in total. The summed E-state index contributed by atoms with van der Waals surface area (Å²) < 4.78 is 35.8. The molecule has 0 radical (unpaired) electrons. The topological polar surface area (TPSA) is 171 Å². The van der Waals surface area contributed by atoms with Crippen LogP contribution in [-0.2, 0) is 34.9 Å². The van der Waals surface area contributed by atoms with Crippen LogP contribution in [0, 0.1) is 5.41 Å². The molecule has 0 amide bonds. The van der Waals surface area contributed by atoms with Crippen molar-refractivity contribution in [2.24, 2.45) is 5.41 Å². The number of phenolic OH excluding ortho intramolecular Hbond substituents is 2. The highest BCUT2D eigenvalue weighted by Crippen LogP contribution is 2.53. The maximum atomic E-state index is 14.0. The molecule has 3 fully saturated rings. The number of aliphatic hydroxyl groups is 1. The summed E-state index contributed by atoms with van der Waals surface area (Å²) in [6.07, 6.45) is -4.25. The molecule has 3 heterocycles. The molecular formula is C36H45NO12. The minimum absolute atomic E-state index is 0. The van der Waals surface area contributed by atoms with Crippen LogP contribution in [0.2, 0.25) is 0 Å². The Kier molecular flexibility index (Phi) is 8.97. The Hall–Kier alpha value is -3.43. The number of fused-ring (bicyclic) bond motifs is 6. The van der Waals surface area contributed by atoms with Crippen LogP contribution in [0.25, 0.3) is 0 Å². The summed E-state index contributed by atoms with van der Waals surface area (Å²) in [5, 5.41) is 35.7. The Morgan fingerprint density at radius 2 is 1.76 bits per heavy atom. The van der Waals surface area contributed by atoms with E-state index in [1.807, 2.05) is 6.92 Å². The Morgan fingerprint density at radius 3 is 2.43 bits per heavy atom. The molecule has 13 nitrogen and oxygen atoms in total. The lowest BCUT2D eigenvalue weighted by Crippen LogP contribution is -2.55. The van der Waals surface area contributed by atoms with E-state index in [0.717, 1.165) is 0 Å². The molecule has 13 heteroatoms. The number of rotatable bonds is 5. The molecule has 0 spiro atoms. The van der Waals surface area contributed by atoms with Gasteiger partial charge in [-0.25, -0.2) is 0 Å². The average molecular weight is 684 g/mol. The predicted octanol–water partition coefficient (Wildman–Crippen LogP) is 3.40. The zero-order chi connectivity index (χ0) is 34.4. The molecule has 2 aromatic rings. The quantitative estimate of drug-likeness (QED) is 0.335. The van der Waals surface area contributed by atoms with Gasteiger partial charge in [0, 0.05) is 61.1 Å². The number of nitrogens with zero attached hydrogens (tertiary/aromatic N) is 1. The number of morpholine rings is 1. The fraction of sp³-hybridized carbons (Fsp3) is 0.583. The van der Waals surface area contributed by atoms with Gasteiger partial charge in [-0.05, 0) is 13.0 Å². The number of carbonyl (C=O) groups is 3. The van der Waals surface area contributed by atoms with Gasteiger partial charge < -0.3 is 43.7 Å². The minimum Gasteiger partial charge on any atom is -0.507 e. The molecule has 49 heavy (non-hydrogen) atoms. The van der Waals surface area contributed by atoms with E-state index in [1.165, 1.54) is 19.2 Å². The first-order valence-corrected chi connectivity index (χ1v) is 16.2. The third-order valence-corrected chi connectivity index (χ3v) is 10.3. The SMILES string of the molecule is C.COc1cccc2c1C(=O)c1c(O)c3c(c(O)c1C2=O)C[C@@](O)(C(=O)C(C)(C)C)C[C@@H]3O[C@H]1C[C@H]2[C@H](O[C@@H]3[C@@H](OC)OCCN32)[C@H](C)O1. The number of ketones is 3. The van der Waals surface area contributed by atoms with Crippen LogP contribution in [0.5, 0.6) is 17.2 Å². The maximum Gasteiger partial charge on any atom is 0.202 e. The number of aromatic hydroxyl groups is 2. The van der Waals surface area contributed by atoms with Gasteiger partial charge in [-0.3, -0.25) is 19.3 Å². The lowest BCUT2D eigenvalue weighted by Gasteiger charge is -2.44. The number of ether oxygens (including phenoxy) is 6. The van der Waals surface area contributed by atoms with Gasteiger partial charge in [-0.15, -0.1) is 0 Å². The van der Waals surface area contributed by atoms with E-state index in [4.69, 9.17) is 28.4 Å². The van der Waals surface area contributed by atoms with E-state index >= 15 is 0 Å². The van der Waals surface area contributed by atoms with Crippen molar-refractivity contribution in [1.29, 1.82) is 0 Å². The van der Waals surface area contributed by atoms with Crippen molar-refractivity contribution in [3.8, 4) is 17.2 Å². The highest BCUT2D eigenvalue weighted by molar-refractivity contribution is 6.31. The molecule has 0 bridgehead atoms. The number of carbonyl (C=O) groups excluding carboxylic acids is 3. The van der Waals surface area contributed by atoms with E-state index in [0.29, 0.717) is 19.6 Å². The normalized spacial score (nSPS) is 32.3.